The number of halogens is 3. The Balaban J connectivity index is 1.69. The molecule has 0 unspecified atom stereocenters. The van der Waals surface area contributed by atoms with E-state index in [1.165, 1.54) is 12.4 Å². The number of aryl methyl sites for hydroxylation is 1. The molecule has 0 radical (unpaired) electrons. The van der Waals surface area contributed by atoms with Crippen molar-refractivity contribution in [2.24, 2.45) is 0 Å². The van der Waals surface area contributed by atoms with Gasteiger partial charge in [0.2, 0.25) is 5.89 Å². The highest BCUT2D eigenvalue weighted by Gasteiger charge is 2.32. The van der Waals surface area contributed by atoms with Crippen molar-refractivity contribution in [2.75, 3.05) is 26.7 Å². The van der Waals surface area contributed by atoms with Gasteiger partial charge < -0.3 is 9.09 Å². The van der Waals surface area contributed by atoms with E-state index in [9.17, 15) is 13.2 Å². The zero-order valence-corrected chi connectivity index (χ0v) is 13.5. The van der Waals surface area contributed by atoms with E-state index in [0.717, 1.165) is 17.7 Å². The molecule has 0 bridgehead atoms. The van der Waals surface area contributed by atoms with Crippen LogP contribution in [0.5, 0.6) is 0 Å². The lowest BCUT2D eigenvalue weighted by atomic mass is 10.1. The van der Waals surface area contributed by atoms with Crippen molar-refractivity contribution in [3.8, 4) is 0 Å². The molecule has 132 valence electrons. The predicted octanol–water partition coefficient (Wildman–Crippen LogP) is 1.63. The van der Waals surface area contributed by atoms with E-state index < -0.39 is 12.7 Å². The first-order chi connectivity index (χ1) is 11.3. The third-order valence-electron chi connectivity index (χ3n) is 4.08. The average Bonchev–Trinajstić information content (AvgIpc) is 3.09. The number of hydrogen-bond acceptors (Lipinski definition) is 6. The van der Waals surface area contributed by atoms with Crippen molar-refractivity contribution in [2.45, 2.75) is 32.2 Å². The maximum absolute atomic E-state index is 12.6. The molecule has 2 aromatic rings. The minimum atomic E-state index is -4.26. The SMILES string of the molecule is Cc1noc([C@H]2CN(Cc3nccn3CC(F)(F)F)CCN2C)n1. The van der Waals surface area contributed by atoms with Crippen molar-refractivity contribution in [3.05, 3.63) is 29.9 Å². The van der Waals surface area contributed by atoms with Gasteiger partial charge in [-0.3, -0.25) is 9.80 Å². The van der Waals surface area contributed by atoms with Gasteiger partial charge in [0.25, 0.3) is 0 Å². The van der Waals surface area contributed by atoms with Crippen LogP contribution in [0.4, 0.5) is 13.2 Å². The molecule has 1 saturated heterocycles. The number of likely N-dealkylation sites (N-methyl/N-ethyl adjacent to an activating group) is 1. The van der Waals surface area contributed by atoms with Crippen LogP contribution < -0.4 is 0 Å². The first-order valence-electron chi connectivity index (χ1n) is 7.61. The molecule has 0 aliphatic carbocycles. The van der Waals surface area contributed by atoms with Crippen LogP contribution in [-0.2, 0) is 13.1 Å². The molecular formula is C14H19F3N6O. The smallest absolute Gasteiger partial charge is 0.338 e. The van der Waals surface area contributed by atoms with E-state index in [-0.39, 0.29) is 6.04 Å². The van der Waals surface area contributed by atoms with E-state index in [1.807, 2.05) is 7.05 Å². The Hall–Kier alpha value is -1.94. The summed E-state index contributed by atoms with van der Waals surface area (Å²) in [5.41, 5.74) is 0. The topological polar surface area (TPSA) is 63.2 Å². The maximum atomic E-state index is 12.6. The number of nitrogens with zero attached hydrogens (tertiary/aromatic N) is 6. The minimum absolute atomic E-state index is 0.0778. The lowest BCUT2D eigenvalue weighted by Gasteiger charge is -2.37. The van der Waals surface area contributed by atoms with Gasteiger partial charge in [-0.05, 0) is 14.0 Å². The van der Waals surface area contributed by atoms with Gasteiger partial charge in [0, 0.05) is 32.0 Å². The van der Waals surface area contributed by atoms with Crippen LogP contribution in [0.1, 0.15) is 23.6 Å². The van der Waals surface area contributed by atoms with Gasteiger partial charge >= 0.3 is 6.18 Å². The van der Waals surface area contributed by atoms with Gasteiger partial charge in [-0.1, -0.05) is 5.16 Å². The number of imidazole rings is 1. The molecule has 0 N–H and O–H groups in total. The fourth-order valence-electron chi connectivity index (χ4n) is 2.82. The molecule has 1 aliphatic rings. The highest BCUT2D eigenvalue weighted by molar-refractivity contribution is 4.98. The molecule has 3 rings (SSSR count). The standard InChI is InChI=1S/C14H19F3N6O/c1-10-19-13(24-20-10)11-7-22(6-5-21(11)2)8-12-18-3-4-23(12)9-14(15,16)17/h3-4,11H,5-9H2,1-2H3/t11-/m1/s1. The largest absolute Gasteiger partial charge is 0.406 e. The number of aromatic nitrogens is 4. The van der Waals surface area contributed by atoms with Crippen LogP contribution in [0.25, 0.3) is 0 Å². The van der Waals surface area contributed by atoms with Crippen molar-refractivity contribution in [1.29, 1.82) is 0 Å². The second-order valence-electron chi connectivity index (χ2n) is 6.00. The van der Waals surface area contributed by atoms with E-state index >= 15 is 0 Å². The maximum Gasteiger partial charge on any atom is 0.406 e. The molecular weight excluding hydrogens is 325 g/mol. The van der Waals surface area contributed by atoms with Crippen LogP contribution in [0.3, 0.4) is 0 Å². The monoisotopic (exact) mass is 344 g/mol. The van der Waals surface area contributed by atoms with Crippen molar-refractivity contribution in [1.82, 2.24) is 29.5 Å². The van der Waals surface area contributed by atoms with Gasteiger partial charge in [-0.2, -0.15) is 18.2 Å². The Labute approximate surface area is 137 Å². The quantitative estimate of drug-likeness (QED) is 0.840. The molecule has 1 fully saturated rings. The van der Waals surface area contributed by atoms with E-state index in [1.54, 1.807) is 6.92 Å². The molecule has 0 aromatic carbocycles. The highest BCUT2D eigenvalue weighted by atomic mass is 19.4. The summed E-state index contributed by atoms with van der Waals surface area (Å²) in [6.07, 6.45) is -1.50. The summed E-state index contributed by atoms with van der Waals surface area (Å²) >= 11 is 0. The second-order valence-corrected chi connectivity index (χ2v) is 6.00. The normalized spacial score (nSPS) is 20.6. The Bertz CT molecular complexity index is 682. The summed E-state index contributed by atoms with van der Waals surface area (Å²) in [5.74, 6) is 1.49. The van der Waals surface area contributed by atoms with Crippen LogP contribution in [0.2, 0.25) is 0 Å². The molecule has 2 aromatic heterocycles. The number of hydrogen-bond donors (Lipinski definition) is 0. The van der Waals surface area contributed by atoms with Crippen LogP contribution in [0.15, 0.2) is 16.9 Å². The molecule has 0 spiro atoms. The van der Waals surface area contributed by atoms with Crippen LogP contribution in [0, 0.1) is 6.92 Å². The number of rotatable bonds is 4. The molecule has 3 heterocycles. The van der Waals surface area contributed by atoms with Gasteiger partial charge in [-0.25, -0.2) is 4.98 Å². The summed E-state index contributed by atoms with van der Waals surface area (Å²) in [6, 6.07) is -0.0778. The highest BCUT2D eigenvalue weighted by Crippen LogP contribution is 2.24. The average molecular weight is 344 g/mol. The third-order valence-corrected chi connectivity index (χ3v) is 4.08. The fraction of sp³-hybridized carbons (Fsp3) is 0.643. The van der Waals surface area contributed by atoms with Crippen molar-refractivity contribution >= 4 is 0 Å². The first-order valence-corrected chi connectivity index (χ1v) is 7.61. The van der Waals surface area contributed by atoms with Gasteiger partial charge in [0.1, 0.15) is 18.4 Å². The lowest BCUT2D eigenvalue weighted by Crippen LogP contribution is -2.46. The van der Waals surface area contributed by atoms with Gasteiger partial charge in [0.15, 0.2) is 5.82 Å². The summed E-state index contributed by atoms with van der Waals surface area (Å²) in [6.45, 7) is 3.16. The molecule has 0 saturated carbocycles. The van der Waals surface area contributed by atoms with Crippen LogP contribution >= 0.6 is 0 Å². The zero-order valence-electron chi connectivity index (χ0n) is 13.5. The molecule has 10 heteroatoms. The first kappa shape index (κ1) is 16.9. The Morgan fingerprint density at radius 3 is 2.79 bits per heavy atom. The summed E-state index contributed by atoms with van der Waals surface area (Å²) in [7, 11) is 1.96. The molecule has 7 nitrogen and oxygen atoms in total. The molecule has 1 aliphatic heterocycles. The third kappa shape index (κ3) is 3.93. The minimum Gasteiger partial charge on any atom is -0.338 e. The Morgan fingerprint density at radius 2 is 2.12 bits per heavy atom. The van der Waals surface area contributed by atoms with E-state index in [0.29, 0.717) is 30.6 Å². The zero-order chi connectivity index (χ0) is 17.3. The van der Waals surface area contributed by atoms with Gasteiger partial charge in [0.05, 0.1) is 6.54 Å². The van der Waals surface area contributed by atoms with Crippen LogP contribution in [-0.4, -0.2) is 62.3 Å². The second kappa shape index (κ2) is 6.52. The van der Waals surface area contributed by atoms with E-state index in [4.69, 9.17) is 4.52 Å². The van der Waals surface area contributed by atoms with Crippen molar-refractivity contribution < 1.29 is 17.7 Å². The Kier molecular flexibility index (Phi) is 4.59. The molecule has 0 amide bonds. The predicted molar refractivity (Wildman–Crippen MR) is 78.0 cm³/mol. The molecule has 1 atom stereocenters. The fourth-order valence-corrected chi connectivity index (χ4v) is 2.82. The summed E-state index contributed by atoms with van der Waals surface area (Å²) in [4.78, 5) is 12.5. The van der Waals surface area contributed by atoms with Gasteiger partial charge in [-0.15, -0.1) is 0 Å². The molecule has 24 heavy (non-hydrogen) atoms. The summed E-state index contributed by atoms with van der Waals surface area (Å²) in [5, 5.41) is 3.81. The number of piperazine rings is 1. The number of alkyl halides is 3. The summed E-state index contributed by atoms with van der Waals surface area (Å²) < 4.78 is 44.2. The van der Waals surface area contributed by atoms with Crippen molar-refractivity contribution in [3.63, 3.8) is 0 Å². The lowest BCUT2D eigenvalue weighted by molar-refractivity contribution is -0.141. The Morgan fingerprint density at radius 1 is 1.33 bits per heavy atom. The van der Waals surface area contributed by atoms with E-state index in [2.05, 4.69) is 24.9 Å².